The molecule has 0 amide bonds. The average molecular weight is 277 g/mol. The highest BCUT2D eigenvalue weighted by Crippen LogP contribution is 2.24. The van der Waals surface area contributed by atoms with Crippen molar-refractivity contribution in [2.45, 2.75) is 18.1 Å². The number of hydrogen-bond acceptors (Lipinski definition) is 5. The van der Waals surface area contributed by atoms with Crippen LogP contribution in [-0.2, 0) is 19.6 Å². The van der Waals surface area contributed by atoms with Crippen LogP contribution in [0.15, 0.2) is 16.3 Å². The molecule has 0 saturated carbocycles. The van der Waals surface area contributed by atoms with Gasteiger partial charge in [-0.2, -0.15) is 4.31 Å². The minimum Gasteiger partial charge on any atom is -0.468 e. The summed E-state index contributed by atoms with van der Waals surface area (Å²) in [5.74, 6) is -0.566. The second-order valence-electron chi connectivity index (χ2n) is 3.37. The van der Waals surface area contributed by atoms with Crippen LogP contribution in [0.3, 0.4) is 0 Å². The quantitative estimate of drug-likeness (QED) is 0.760. The van der Waals surface area contributed by atoms with E-state index >= 15 is 0 Å². The molecular formula is C10H15NO4S2. The standard InChI is InChI=1S/C10H15NO4S2/c1-4-11(7-9(12)15-3)17(13,14)10-6-5-8(2)16-10/h5-6H,4,7H2,1-3H3. The lowest BCUT2D eigenvalue weighted by Crippen LogP contribution is -2.35. The van der Waals surface area contributed by atoms with Crippen molar-refractivity contribution in [3.8, 4) is 0 Å². The Morgan fingerprint density at radius 2 is 2.12 bits per heavy atom. The number of likely N-dealkylation sites (N-methyl/N-ethyl adjacent to an activating group) is 1. The number of sulfonamides is 1. The Labute approximate surface area is 105 Å². The van der Waals surface area contributed by atoms with Crippen molar-refractivity contribution in [3.63, 3.8) is 0 Å². The van der Waals surface area contributed by atoms with Crippen LogP contribution in [-0.4, -0.2) is 38.9 Å². The molecule has 0 N–H and O–H groups in total. The molecule has 0 fully saturated rings. The number of carbonyl (C=O) groups excluding carboxylic acids is 1. The fourth-order valence-electron chi connectivity index (χ4n) is 1.25. The van der Waals surface area contributed by atoms with Gasteiger partial charge in [-0.3, -0.25) is 4.79 Å². The van der Waals surface area contributed by atoms with E-state index in [-0.39, 0.29) is 17.3 Å². The summed E-state index contributed by atoms with van der Waals surface area (Å²) >= 11 is 1.19. The van der Waals surface area contributed by atoms with Crippen LogP contribution in [0.25, 0.3) is 0 Å². The van der Waals surface area contributed by atoms with E-state index in [9.17, 15) is 13.2 Å². The fourth-order valence-corrected chi connectivity index (χ4v) is 4.08. The van der Waals surface area contributed by atoms with E-state index < -0.39 is 16.0 Å². The Morgan fingerprint density at radius 1 is 1.47 bits per heavy atom. The lowest BCUT2D eigenvalue weighted by Gasteiger charge is -2.17. The topological polar surface area (TPSA) is 63.7 Å². The second kappa shape index (κ2) is 5.61. The lowest BCUT2D eigenvalue weighted by atomic mass is 10.5. The first-order chi connectivity index (χ1) is 7.91. The van der Waals surface area contributed by atoms with Crippen molar-refractivity contribution in [3.05, 3.63) is 17.0 Å². The molecule has 0 aromatic carbocycles. The lowest BCUT2D eigenvalue weighted by molar-refractivity contribution is -0.140. The van der Waals surface area contributed by atoms with Gasteiger partial charge in [-0.1, -0.05) is 6.92 Å². The molecule has 0 atom stereocenters. The third kappa shape index (κ3) is 3.27. The molecule has 1 heterocycles. The van der Waals surface area contributed by atoms with Gasteiger partial charge in [0.25, 0.3) is 10.0 Å². The average Bonchev–Trinajstić information content (AvgIpc) is 2.72. The number of esters is 1. The van der Waals surface area contributed by atoms with Crippen LogP contribution in [0.2, 0.25) is 0 Å². The summed E-state index contributed by atoms with van der Waals surface area (Å²) in [7, 11) is -2.35. The fraction of sp³-hybridized carbons (Fsp3) is 0.500. The second-order valence-corrected chi connectivity index (χ2v) is 6.83. The highest BCUT2D eigenvalue weighted by molar-refractivity contribution is 7.91. The van der Waals surface area contributed by atoms with Crippen molar-refractivity contribution in [2.24, 2.45) is 0 Å². The number of nitrogens with zero attached hydrogens (tertiary/aromatic N) is 1. The van der Waals surface area contributed by atoms with Gasteiger partial charge >= 0.3 is 5.97 Å². The van der Waals surface area contributed by atoms with Gasteiger partial charge in [0.05, 0.1) is 7.11 Å². The molecule has 0 bridgehead atoms. The van der Waals surface area contributed by atoms with E-state index in [0.29, 0.717) is 0 Å². The highest BCUT2D eigenvalue weighted by Gasteiger charge is 2.26. The van der Waals surface area contributed by atoms with Crippen LogP contribution in [0.1, 0.15) is 11.8 Å². The molecule has 0 aliphatic carbocycles. The van der Waals surface area contributed by atoms with Crippen LogP contribution in [0, 0.1) is 6.92 Å². The zero-order valence-corrected chi connectivity index (χ0v) is 11.6. The van der Waals surface area contributed by atoms with Gasteiger partial charge in [-0.05, 0) is 19.1 Å². The van der Waals surface area contributed by atoms with Gasteiger partial charge in [0.15, 0.2) is 0 Å². The van der Waals surface area contributed by atoms with Crippen molar-refractivity contribution in [2.75, 3.05) is 20.2 Å². The molecule has 0 aliphatic heterocycles. The van der Waals surface area contributed by atoms with Gasteiger partial charge in [0, 0.05) is 11.4 Å². The van der Waals surface area contributed by atoms with E-state index in [1.54, 1.807) is 19.1 Å². The summed E-state index contributed by atoms with van der Waals surface area (Å²) in [5, 5.41) is 0. The third-order valence-corrected chi connectivity index (χ3v) is 5.58. The van der Waals surface area contributed by atoms with E-state index in [2.05, 4.69) is 4.74 Å². The number of rotatable bonds is 5. The Morgan fingerprint density at radius 3 is 2.53 bits per heavy atom. The Balaban J connectivity index is 2.98. The zero-order valence-electron chi connectivity index (χ0n) is 9.97. The maximum Gasteiger partial charge on any atom is 0.321 e. The van der Waals surface area contributed by atoms with Crippen LogP contribution < -0.4 is 0 Å². The molecule has 0 unspecified atom stereocenters. The zero-order chi connectivity index (χ0) is 13.1. The van der Waals surface area contributed by atoms with Crippen LogP contribution in [0.5, 0.6) is 0 Å². The largest absolute Gasteiger partial charge is 0.468 e. The first kappa shape index (κ1) is 14.1. The van der Waals surface area contributed by atoms with Crippen LogP contribution >= 0.6 is 11.3 Å². The predicted molar refractivity (Wildman–Crippen MR) is 65.5 cm³/mol. The van der Waals surface area contributed by atoms with E-state index in [1.165, 1.54) is 18.4 Å². The van der Waals surface area contributed by atoms with Crippen molar-refractivity contribution in [1.29, 1.82) is 0 Å². The van der Waals surface area contributed by atoms with Gasteiger partial charge in [-0.15, -0.1) is 11.3 Å². The molecule has 7 heteroatoms. The van der Waals surface area contributed by atoms with Gasteiger partial charge in [-0.25, -0.2) is 8.42 Å². The molecule has 0 aliphatic rings. The smallest absolute Gasteiger partial charge is 0.321 e. The van der Waals surface area contributed by atoms with E-state index in [0.717, 1.165) is 9.18 Å². The Hall–Kier alpha value is -0.920. The first-order valence-corrected chi connectivity index (χ1v) is 7.31. The molecule has 1 aromatic heterocycles. The van der Waals surface area contributed by atoms with Crippen LogP contribution in [0.4, 0.5) is 0 Å². The Bertz CT molecular complexity index is 492. The van der Waals surface area contributed by atoms with E-state index in [4.69, 9.17) is 0 Å². The van der Waals surface area contributed by atoms with Crippen molar-refractivity contribution in [1.82, 2.24) is 4.31 Å². The third-order valence-electron chi connectivity index (χ3n) is 2.20. The number of hydrogen-bond donors (Lipinski definition) is 0. The molecule has 1 aromatic rings. The summed E-state index contributed by atoms with van der Waals surface area (Å²) in [6.07, 6.45) is 0. The summed E-state index contributed by atoms with van der Waals surface area (Å²) < 4.78 is 30.1. The number of methoxy groups -OCH3 is 1. The molecule has 5 nitrogen and oxygen atoms in total. The minimum atomic E-state index is -3.58. The van der Waals surface area contributed by atoms with Crippen molar-refractivity contribution < 1.29 is 17.9 Å². The SMILES string of the molecule is CCN(CC(=O)OC)S(=O)(=O)c1ccc(C)s1. The normalized spacial score (nSPS) is 11.8. The van der Waals surface area contributed by atoms with Gasteiger partial charge in [0.1, 0.15) is 10.8 Å². The molecule has 0 spiro atoms. The Kier molecular flexibility index (Phi) is 4.67. The van der Waals surface area contributed by atoms with Crippen molar-refractivity contribution >= 4 is 27.3 Å². The molecule has 17 heavy (non-hydrogen) atoms. The van der Waals surface area contributed by atoms with Gasteiger partial charge < -0.3 is 4.74 Å². The minimum absolute atomic E-state index is 0.231. The van der Waals surface area contributed by atoms with Gasteiger partial charge in [0.2, 0.25) is 0 Å². The molecule has 96 valence electrons. The first-order valence-electron chi connectivity index (χ1n) is 5.05. The predicted octanol–water partition coefficient (Wildman–Crippen LogP) is 1.24. The van der Waals surface area contributed by atoms with E-state index in [1.807, 2.05) is 6.92 Å². The number of aryl methyl sites for hydroxylation is 1. The summed E-state index contributed by atoms with van der Waals surface area (Å²) in [6.45, 7) is 3.49. The monoisotopic (exact) mass is 277 g/mol. The summed E-state index contributed by atoms with van der Waals surface area (Å²) in [6, 6.07) is 3.29. The maximum atomic E-state index is 12.2. The summed E-state index contributed by atoms with van der Waals surface area (Å²) in [4.78, 5) is 12.1. The molecule has 1 rings (SSSR count). The number of carbonyl (C=O) groups is 1. The maximum absolute atomic E-state index is 12.2. The molecule has 0 radical (unpaired) electrons. The number of ether oxygens (including phenoxy) is 1. The highest BCUT2D eigenvalue weighted by atomic mass is 32.2. The molecule has 0 saturated heterocycles. The summed E-state index contributed by atoms with van der Waals surface area (Å²) in [5.41, 5.74) is 0. The number of thiophene rings is 1. The molecular weight excluding hydrogens is 262 g/mol.